The Kier molecular flexibility index (Phi) is 4.84. The van der Waals surface area contributed by atoms with Crippen molar-refractivity contribution in [3.63, 3.8) is 0 Å². The minimum Gasteiger partial charge on any atom is -0.393 e. The molecule has 2 aromatic rings. The number of carbonyl (C=O) groups is 1. The molecule has 0 aliphatic heterocycles. The molecule has 0 fully saturated rings. The van der Waals surface area contributed by atoms with Crippen LogP contribution in [0.2, 0.25) is 0 Å². The summed E-state index contributed by atoms with van der Waals surface area (Å²) < 4.78 is 4.91. The summed E-state index contributed by atoms with van der Waals surface area (Å²) in [6.07, 6.45) is 2.01. The Labute approximate surface area is 122 Å². The molecule has 2 rings (SSSR count). The van der Waals surface area contributed by atoms with Crippen LogP contribution in [0.15, 0.2) is 47.1 Å². The third-order valence-electron chi connectivity index (χ3n) is 2.87. The summed E-state index contributed by atoms with van der Waals surface area (Å²) in [5.74, 6) is -0.159. The zero-order chi connectivity index (χ0) is 14.4. The second kappa shape index (κ2) is 6.81. The van der Waals surface area contributed by atoms with Gasteiger partial charge in [0.25, 0.3) is 0 Å². The van der Waals surface area contributed by atoms with E-state index in [2.05, 4.69) is 10.5 Å². The van der Waals surface area contributed by atoms with Gasteiger partial charge in [0, 0.05) is 6.07 Å². The first-order valence-electron chi connectivity index (χ1n) is 6.17. The van der Waals surface area contributed by atoms with E-state index in [1.807, 2.05) is 30.3 Å². The molecule has 1 heterocycles. The van der Waals surface area contributed by atoms with Crippen LogP contribution in [0.4, 0.5) is 0 Å². The number of hydrogen-bond acceptors (Lipinski definition) is 4. The summed E-state index contributed by atoms with van der Waals surface area (Å²) in [7, 11) is 0. The van der Waals surface area contributed by atoms with Gasteiger partial charge in [0.1, 0.15) is 0 Å². The van der Waals surface area contributed by atoms with Crippen LogP contribution >= 0.6 is 12.2 Å². The molecule has 1 unspecified atom stereocenters. The molecule has 104 valence electrons. The molecular weight excluding hydrogens is 274 g/mol. The predicted molar refractivity (Wildman–Crippen MR) is 78.8 cm³/mol. The molecule has 0 spiro atoms. The molecule has 0 aliphatic rings. The Morgan fingerprint density at radius 2 is 2.10 bits per heavy atom. The van der Waals surface area contributed by atoms with E-state index in [1.165, 1.54) is 6.20 Å². The number of amides is 1. The van der Waals surface area contributed by atoms with Crippen LogP contribution in [-0.2, 0) is 17.8 Å². The third-order valence-corrected chi connectivity index (χ3v) is 3.16. The highest BCUT2D eigenvalue weighted by Crippen LogP contribution is 2.10. The summed E-state index contributed by atoms with van der Waals surface area (Å²) in [5, 5.41) is 6.32. The van der Waals surface area contributed by atoms with Crippen LogP contribution in [0.25, 0.3) is 0 Å². The normalized spacial score (nSPS) is 11.8. The highest BCUT2D eigenvalue weighted by atomic mass is 32.1. The summed E-state index contributed by atoms with van der Waals surface area (Å²) in [6, 6.07) is 11.3. The zero-order valence-corrected chi connectivity index (χ0v) is 11.6. The molecule has 1 amide bonds. The smallest absolute Gasteiger partial charge is 0.230 e. The molecule has 20 heavy (non-hydrogen) atoms. The second-order valence-electron chi connectivity index (χ2n) is 4.34. The molecule has 1 aromatic carbocycles. The second-order valence-corrected chi connectivity index (χ2v) is 4.81. The molecule has 0 radical (unpaired) electrons. The Morgan fingerprint density at radius 1 is 1.35 bits per heavy atom. The van der Waals surface area contributed by atoms with Crippen LogP contribution in [0, 0.1) is 5.92 Å². The lowest BCUT2D eigenvalue weighted by Crippen LogP contribution is -2.38. The number of aromatic nitrogens is 1. The number of nitrogens with two attached hydrogens (primary N) is 1. The number of nitrogens with zero attached hydrogens (tertiary/aromatic N) is 1. The summed E-state index contributed by atoms with van der Waals surface area (Å²) in [5.41, 5.74) is 6.68. The fraction of sp³-hybridized carbons (Fsp3) is 0.214. The van der Waals surface area contributed by atoms with E-state index < -0.39 is 5.92 Å². The van der Waals surface area contributed by atoms with Gasteiger partial charge in [0.15, 0.2) is 5.76 Å². The van der Waals surface area contributed by atoms with Gasteiger partial charge in [-0.05, 0) is 12.0 Å². The highest BCUT2D eigenvalue weighted by molar-refractivity contribution is 7.80. The van der Waals surface area contributed by atoms with Gasteiger partial charge in [-0.3, -0.25) is 4.79 Å². The minimum absolute atomic E-state index is 0.184. The highest BCUT2D eigenvalue weighted by Gasteiger charge is 2.21. The molecule has 1 atom stereocenters. The lowest BCUT2D eigenvalue weighted by molar-refractivity contribution is -0.123. The van der Waals surface area contributed by atoms with Crippen molar-refractivity contribution < 1.29 is 9.32 Å². The van der Waals surface area contributed by atoms with E-state index in [-0.39, 0.29) is 17.4 Å². The lowest BCUT2D eigenvalue weighted by Gasteiger charge is -2.15. The van der Waals surface area contributed by atoms with Gasteiger partial charge in [0.2, 0.25) is 5.91 Å². The first kappa shape index (κ1) is 14.2. The first-order chi connectivity index (χ1) is 9.66. The molecule has 6 heteroatoms. The largest absolute Gasteiger partial charge is 0.393 e. The van der Waals surface area contributed by atoms with E-state index in [1.54, 1.807) is 6.07 Å². The van der Waals surface area contributed by atoms with Crippen molar-refractivity contribution in [2.45, 2.75) is 13.0 Å². The van der Waals surface area contributed by atoms with Gasteiger partial charge in [-0.25, -0.2) is 0 Å². The summed E-state index contributed by atoms with van der Waals surface area (Å²) >= 11 is 4.99. The maximum absolute atomic E-state index is 12.1. The van der Waals surface area contributed by atoms with Crippen molar-refractivity contribution in [3.8, 4) is 0 Å². The molecule has 0 saturated carbocycles. The Hall–Kier alpha value is -2.21. The van der Waals surface area contributed by atoms with E-state index in [0.717, 1.165) is 5.56 Å². The van der Waals surface area contributed by atoms with Crippen molar-refractivity contribution in [3.05, 3.63) is 53.9 Å². The maximum atomic E-state index is 12.1. The van der Waals surface area contributed by atoms with Crippen molar-refractivity contribution in [2.75, 3.05) is 0 Å². The Morgan fingerprint density at radius 3 is 2.70 bits per heavy atom. The summed E-state index contributed by atoms with van der Waals surface area (Å²) in [6.45, 7) is 0.271. The standard InChI is InChI=1S/C14H15N3O2S/c15-13(20)12(8-10-4-2-1-3-5-10)14(18)16-9-11-6-7-17-19-11/h1-7,12H,8-9H2,(H2,15,20)(H,16,18). The number of nitrogens with one attached hydrogen (secondary N) is 1. The van der Waals surface area contributed by atoms with Crippen molar-refractivity contribution in [2.24, 2.45) is 11.7 Å². The Balaban J connectivity index is 1.97. The zero-order valence-electron chi connectivity index (χ0n) is 10.8. The van der Waals surface area contributed by atoms with Gasteiger partial charge in [-0.2, -0.15) is 0 Å². The van der Waals surface area contributed by atoms with Crippen LogP contribution < -0.4 is 11.1 Å². The predicted octanol–water partition coefficient (Wildman–Crippen LogP) is 1.44. The van der Waals surface area contributed by atoms with Gasteiger partial charge >= 0.3 is 0 Å². The average Bonchev–Trinajstić information content (AvgIpc) is 2.96. The SMILES string of the molecule is NC(=S)C(Cc1ccccc1)C(=O)NCc1ccno1. The quantitative estimate of drug-likeness (QED) is 0.786. The first-order valence-corrected chi connectivity index (χ1v) is 6.58. The molecule has 0 aliphatic carbocycles. The minimum atomic E-state index is -0.532. The molecule has 0 bridgehead atoms. The average molecular weight is 289 g/mol. The number of rotatable bonds is 6. The Bertz CT molecular complexity index is 569. The fourth-order valence-corrected chi connectivity index (χ4v) is 1.99. The molecule has 3 N–H and O–H groups in total. The lowest BCUT2D eigenvalue weighted by atomic mass is 9.98. The van der Waals surface area contributed by atoms with E-state index in [4.69, 9.17) is 22.5 Å². The molecule has 0 saturated heterocycles. The number of benzene rings is 1. The van der Waals surface area contributed by atoms with Gasteiger partial charge in [-0.1, -0.05) is 47.7 Å². The molecule has 5 nitrogen and oxygen atoms in total. The van der Waals surface area contributed by atoms with E-state index in [9.17, 15) is 4.79 Å². The molecular formula is C14H15N3O2S. The van der Waals surface area contributed by atoms with Crippen molar-refractivity contribution in [1.29, 1.82) is 0 Å². The number of thiocarbonyl (C=S) groups is 1. The monoisotopic (exact) mass is 289 g/mol. The van der Waals surface area contributed by atoms with Crippen molar-refractivity contribution in [1.82, 2.24) is 10.5 Å². The molecule has 1 aromatic heterocycles. The van der Waals surface area contributed by atoms with Crippen LogP contribution in [0.1, 0.15) is 11.3 Å². The fourth-order valence-electron chi connectivity index (χ4n) is 1.80. The van der Waals surface area contributed by atoms with Crippen LogP contribution in [0.3, 0.4) is 0 Å². The summed E-state index contributed by atoms with van der Waals surface area (Å²) in [4.78, 5) is 12.3. The number of hydrogen-bond donors (Lipinski definition) is 2. The van der Waals surface area contributed by atoms with Crippen LogP contribution in [0.5, 0.6) is 0 Å². The topological polar surface area (TPSA) is 81.2 Å². The number of carbonyl (C=O) groups excluding carboxylic acids is 1. The van der Waals surface area contributed by atoms with Gasteiger partial charge < -0.3 is 15.6 Å². The van der Waals surface area contributed by atoms with E-state index in [0.29, 0.717) is 12.2 Å². The third kappa shape index (κ3) is 3.89. The maximum Gasteiger partial charge on any atom is 0.230 e. The van der Waals surface area contributed by atoms with Crippen molar-refractivity contribution >= 4 is 23.1 Å². The van der Waals surface area contributed by atoms with E-state index >= 15 is 0 Å². The van der Waals surface area contributed by atoms with Crippen LogP contribution in [-0.4, -0.2) is 16.1 Å². The van der Waals surface area contributed by atoms with Gasteiger partial charge in [0.05, 0.1) is 23.6 Å². The van der Waals surface area contributed by atoms with Gasteiger partial charge in [-0.15, -0.1) is 0 Å².